The topological polar surface area (TPSA) is 63.7 Å². The van der Waals surface area contributed by atoms with Gasteiger partial charge in [0, 0.05) is 23.5 Å². The average Bonchev–Trinajstić information content (AvgIpc) is 2.78. The van der Waals surface area contributed by atoms with E-state index in [9.17, 15) is 14.4 Å². The zero-order valence-electron chi connectivity index (χ0n) is 10.4. The second-order valence-corrected chi connectivity index (χ2v) is 5.34. The molecule has 7 heteroatoms. The molecule has 2 rings (SSSR count). The van der Waals surface area contributed by atoms with E-state index in [1.165, 1.54) is 0 Å². The van der Waals surface area contributed by atoms with Crippen molar-refractivity contribution in [2.24, 2.45) is 0 Å². The van der Waals surface area contributed by atoms with Crippen molar-refractivity contribution in [1.29, 1.82) is 0 Å². The number of amides is 2. The van der Waals surface area contributed by atoms with Crippen molar-refractivity contribution in [3.63, 3.8) is 0 Å². The maximum Gasteiger partial charge on any atom is 0.364 e. The first-order chi connectivity index (χ1) is 9.56. The molecule has 20 heavy (non-hydrogen) atoms. The van der Waals surface area contributed by atoms with Crippen molar-refractivity contribution in [3.8, 4) is 0 Å². The maximum atomic E-state index is 12.1. The third-order valence-electron chi connectivity index (χ3n) is 2.87. The van der Waals surface area contributed by atoms with Gasteiger partial charge in [-0.1, -0.05) is 44.0 Å². The Labute approximate surface area is 132 Å². The van der Waals surface area contributed by atoms with Gasteiger partial charge in [0.25, 0.3) is 11.8 Å². The Bertz CT molecular complexity index is 557. The van der Waals surface area contributed by atoms with Crippen LogP contribution in [0.2, 0.25) is 0 Å². The number of alkyl halides is 2. The largest absolute Gasteiger partial charge is 0.364 e. The highest BCUT2D eigenvalue weighted by Crippen LogP contribution is 2.20. The second kappa shape index (κ2) is 6.49. The first-order valence-corrected chi connectivity index (χ1v) is 8.13. The van der Waals surface area contributed by atoms with E-state index in [0.29, 0.717) is 21.3 Å². The molecule has 106 valence electrons. The molecule has 1 fully saturated rings. The fourth-order valence-corrected chi connectivity index (χ4v) is 2.64. The molecule has 0 atom stereocenters. The Balaban J connectivity index is 2.24. The summed E-state index contributed by atoms with van der Waals surface area (Å²) in [5, 5.41) is 1.63. The molecule has 1 aliphatic rings. The van der Waals surface area contributed by atoms with Crippen molar-refractivity contribution in [3.05, 3.63) is 34.9 Å². The van der Waals surface area contributed by atoms with Gasteiger partial charge in [-0.3, -0.25) is 9.59 Å². The maximum absolute atomic E-state index is 12.1. The molecule has 1 aliphatic heterocycles. The Morgan fingerprint density at radius 1 is 1.15 bits per heavy atom. The number of benzene rings is 1. The van der Waals surface area contributed by atoms with Crippen molar-refractivity contribution in [2.75, 3.05) is 0 Å². The molecular weight excluding hydrogens is 394 g/mol. The predicted molar refractivity (Wildman–Crippen MR) is 78.2 cm³/mol. The minimum Gasteiger partial charge on any atom is -0.325 e. The van der Waals surface area contributed by atoms with Gasteiger partial charge in [-0.15, -0.1) is 5.06 Å². The minimum atomic E-state index is -0.703. The van der Waals surface area contributed by atoms with Crippen LogP contribution in [0.5, 0.6) is 0 Å². The summed E-state index contributed by atoms with van der Waals surface area (Å²) in [7, 11) is 0. The molecule has 0 spiro atoms. The monoisotopic (exact) mass is 403 g/mol. The Kier molecular flexibility index (Phi) is 4.93. The van der Waals surface area contributed by atoms with Crippen LogP contribution in [-0.4, -0.2) is 22.8 Å². The van der Waals surface area contributed by atoms with Crippen molar-refractivity contribution < 1.29 is 19.2 Å². The summed E-state index contributed by atoms with van der Waals surface area (Å²) in [5.41, 5.74) is 1.98. The number of nitrogens with zero attached hydrogens (tertiary/aromatic N) is 1. The molecule has 5 nitrogen and oxygen atoms in total. The predicted octanol–water partition coefficient (Wildman–Crippen LogP) is 2.70. The number of rotatable bonds is 4. The van der Waals surface area contributed by atoms with E-state index in [4.69, 9.17) is 4.84 Å². The minimum absolute atomic E-state index is 0.0822. The molecule has 1 heterocycles. The van der Waals surface area contributed by atoms with E-state index in [-0.39, 0.29) is 12.8 Å². The normalized spacial score (nSPS) is 14.8. The molecule has 0 saturated carbocycles. The third kappa shape index (κ3) is 3.09. The fraction of sp³-hybridized carbons (Fsp3) is 0.308. The SMILES string of the molecule is O=C(ON1C(=O)CCC1=O)c1cc(CBr)ccc1CBr. The zero-order chi connectivity index (χ0) is 14.7. The first-order valence-electron chi connectivity index (χ1n) is 5.88. The fourth-order valence-electron chi connectivity index (χ4n) is 1.80. The molecular formula is C13H11Br2NO4. The van der Waals surface area contributed by atoms with E-state index in [0.717, 1.165) is 11.1 Å². The lowest BCUT2D eigenvalue weighted by Gasteiger charge is -2.14. The van der Waals surface area contributed by atoms with Crippen LogP contribution in [0.15, 0.2) is 18.2 Å². The van der Waals surface area contributed by atoms with Crippen LogP contribution >= 0.6 is 31.9 Å². The van der Waals surface area contributed by atoms with Gasteiger partial charge in [0.2, 0.25) is 0 Å². The van der Waals surface area contributed by atoms with Gasteiger partial charge in [0.05, 0.1) is 5.56 Å². The first kappa shape index (κ1) is 15.2. The lowest BCUT2D eigenvalue weighted by atomic mass is 10.1. The summed E-state index contributed by atoms with van der Waals surface area (Å²) in [6.07, 6.45) is 0.164. The highest BCUT2D eigenvalue weighted by molar-refractivity contribution is 9.08. The number of imide groups is 1. The molecule has 1 aromatic rings. The molecule has 0 unspecified atom stereocenters. The van der Waals surface area contributed by atoms with E-state index in [1.54, 1.807) is 12.1 Å². The summed E-state index contributed by atoms with van der Waals surface area (Å²) < 4.78 is 0. The van der Waals surface area contributed by atoms with Crippen LogP contribution in [0.4, 0.5) is 0 Å². The van der Waals surface area contributed by atoms with Gasteiger partial charge in [0.1, 0.15) is 0 Å². The highest BCUT2D eigenvalue weighted by atomic mass is 79.9. The number of halogens is 2. The van der Waals surface area contributed by atoms with E-state index in [1.807, 2.05) is 6.07 Å². The zero-order valence-corrected chi connectivity index (χ0v) is 13.6. The summed E-state index contributed by atoms with van der Waals surface area (Å²) >= 11 is 6.60. The van der Waals surface area contributed by atoms with Gasteiger partial charge < -0.3 is 4.84 Å². The van der Waals surface area contributed by atoms with E-state index >= 15 is 0 Å². The molecule has 0 aliphatic carbocycles. The number of hydroxylamine groups is 2. The Morgan fingerprint density at radius 3 is 2.35 bits per heavy atom. The number of carbonyl (C=O) groups is 3. The Hall–Kier alpha value is -1.21. The molecule has 0 bridgehead atoms. The lowest BCUT2D eigenvalue weighted by Crippen LogP contribution is -2.32. The molecule has 2 amide bonds. The average molecular weight is 405 g/mol. The van der Waals surface area contributed by atoms with Crippen LogP contribution < -0.4 is 0 Å². The van der Waals surface area contributed by atoms with E-state index < -0.39 is 17.8 Å². The van der Waals surface area contributed by atoms with Crippen LogP contribution in [0.25, 0.3) is 0 Å². The Morgan fingerprint density at radius 2 is 1.80 bits per heavy atom. The van der Waals surface area contributed by atoms with Crippen molar-refractivity contribution in [1.82, 2.24) is 5.06 Å². The third-order valence-corrected chi connectivity index (χ3v) is 4.12. The van der Waals surface area contributed by atoms with Gasteiger partial charge in [0.15, 0.2) is 0 Å². The van der Waals surface area contributed by atoms with E-state index in [2.05, 4.69) is 31.9 Å². The van der Waals surface area contributed by atoms with Gasteiger partial charge >= 0.3 is 5.97 Å². The quantitative estimate of drug-likeness (QED) is 0.571. The van der Waals surface area contributed by atoms with Crippen LogP contribution in [0, 0.1) is 0 Å². The molecule has 0 N–H and O–H groups in total. The highest BCUT2D eigenvalue weighted by Gasteiger charge is 2.33. The number of hydrogen-bond donors (Lipinski definition) is 0. The second-order valence-electron chi connectivity index (χ2n) is 4.22. The molecule has 0 radical (unpaired) electrons. The lowest BCUT2D eigenvalue weighted by molar-refractivity contribution is -0.172. The van der Waals surface area contributed by atoms with Gasteiger partial charge in [-0.05, 0) is 17.2 Å². The summed E-state index contributed by atoms with van der Waals surface area (Å²) in [4.78, 5) is 39.9. The molecule has 1 aromatic carbocycles. The van der Waals surface area contributed by atoms with Crippen molar-refractivity contribution >= 4 is 49.6 Å². The smallest absolute Gasteiger partial charge is 0.325 e. The summed E-state index contributed by atoms with van der Waals surface area (Å²) in [5.74, 6) is -1.67. The molecule has 1 saturated heterocycles. The summed E-state index contributed by atoms with van der Waals surface area (Å²) in [6, 6.07) is 5.36. The van der Waals surface area contributed by atoms with Crippen LogP contribution in [0.1, 0.15) is 34.3 Å². The van der Waals surface area contributed by atoms with Crippen molar-refractivity contribution in [2.45, 2.75) is 23.5 Å². The molecule has 0 aromatic heterocycles. The summed E-state index contributed by atoms with van der Waals surface area (Å²) in [6.45, 7) is 0. The standard InChI is InChI=1S/C13H11Br2NO4/c14-6-8-1-2-9(7-15)10(5-8)13(19)20-16-11(17)3-4-12(16)18/h1-2,5H,3-4,6-7H2. The number of carbonyl (C=O) groups excluding carboxylic acids is 3. The van der Waals surface area contributed by atoms with Crippen LogP contribution in [-0.2, 0) is 25.1 Å². The van der Waals surface area contributed by atoms with Gasteiger partial charge in [-0.2, -0.15) is 0 Å². The van der Waals surface area contributed by atoms with Crippen LogP contribution in [0.3, 0.4) is 0 Å². The van der Waals surface area contributed by atoms with Gasteiger partial charge in [-0.25, -0.2) is 4.79 Å². The number of hydrogen-bond acceptors (Lipinski definition) is 4.